The quantitative estimate of drug-likeness (QED) is 0.738. The number of carbonyl (C=O) groups excluding carboxylic acids is 1. The maximum atomic E-state index is 11.2. The maximum Gasteiger partial charge on any atom is 0.325 e. The van der Waals surface area contributed by atoms with Crippen LogP contribution in [0.1, 0.15) is 25.3 Å². The summed E-state index contributed by atoms with van der Waals surface area (Å²) < 4.78 is 6.75. The number of esters is 1. The third-order valence-corrected chi connectivity index (χ3v) is 2.60. The van der Waals surface area contributed by atoms with Gasteiger partial charge in [0.2, 0.25) is 0 Å². The van der Waals surface area contributed by atoms with Crippen LogP contribution in [0.2, 0.25) is 0 Å². The third kappa shape index (κ3) is 3.38. The fourth-order valence-corrected chi connectivity index (χ4v) is 1.60. The van der Waals surface area contributed by atoms with Crippen molar-refractivity contribution in [2.75, 3.05) is 6.61 Å². The summed E-state index contributed by atoms with van der Waals surface area (Å²) in [7, 11) is 0. The minimum atomic E-state index is -0.181. The predicted molar refractivity (Wildman–Crippen MR) is 60.9 cm³/mol. The molecule has 88 valence electrons. The van der Waals surface area contributed by atoms with E-state index in [0.717, 1.165) is 6.54 Å². The van der Waals surface area contributed by atoms with Crippen LogP contribution in [0.15, 0.2) is 18.5 Å². The largest absolute Gasteiger partial charge is 0.465 e. The number of aromatic nitrogens is 1. The lowest BCUT2D eigenvalue weighted by Gasteiger charge is -2.02. The monoisotopic (exact) mass is 222 g/mol. The normalized spacial score (nSPS) is 15.1. The smallest absolute Gasteiger partial charge is 0.325 e. The van der Waals surface area contributed by atoms with E-state index >= 15 is 0 Å². The first kappa shape index (κ1) is 11.2. The van der Waals surface area contributed by atoms with E-state index in [2.05, 4.69) is 5.32 Å². The van der Waals surface area contributed by atoms with E-state index in [1.54, 1.807) is 0 Å². The summed E-state index contributed by atoms with van der Waals surface area (Å²) in [5, 5.41) is 3.44. The summed E-state index contributed by atoms with van der Waals surface area (Å²) in [4.78, 5) is 11.2. The van der Waals surface area contributed by atoms with Gasteiger partial charge in [0, 0.05) is 25.0 Å². The second kappa shape index (κ2) is 5.16. The molecule has 2 rings (SSSR count). The Morgan fingerprint density at radius 3 is 3.12 bits per heavy atom. The van der Waals surface area contributed by atoms with E-state index in [-0.39, 0.29) is 5.97 Å². The van der Waals surface area contributed by atoms with Gasteiger partial charge >= 0.3 is 5.97 Å². The van der Waals surface area contributed by atoms with Gasteiger partial charge in [-0.05, 0) is 31.4 Å². The molecule has 0 atom stereocenters. The zero-order valence-electron chi connectivity index (χ0n) is 9.61. The Bertz CT molecular complexity index is 356. The van der Waals surface area contributed by atoms with Crippen molar-refractivity contribution in [3.05, 3.63) is 24.0 Å². The van der Waals surface area contributed by atoms with E-state index in [0.29, 0.717) is 19.2 Å². The van der Waals surface area contributed by atoms with E-state index < -0.39 is 0 Å². The number of ether oxygens (including phenoxy) is 1. The molecule has 1 saturated carbocycles. The SMILES string of the molecule is CCOC(=O)Cn1ccc(CNC2CC2)c1. The summed E-state index contributed by atoms with van der Waals surface area (Å²) in [5.41, 5.74) is 1.22. The highest BCUT2D eigenvalue weighted by Crippen LogP contribution is 2.19. The molecule has 1 aliphatic rings. The molecule has 0 aromatic carbocycles. The molecule has 0 spiro atoms. The van der Waals surface area contributed by atoms with Gasteiger partial charge in [0.25, 0.3) is 0 Å². The molecule has 0 amide bonds. The molecule has 0 saturated heterocycles. The molecule has 1 aromatic heterocycles. The van der Waals surface area contributed by atoms with Crippen LogP contribution in [-0.2, 0) is 22.6 Å². The Morgan fingerprint density at radius 1 is 1.62 bits per heavy atom. The first-order valence-electron chi connectivity index (χ1n) is 5.81. The topological polar surface area (TPSA) is 43.3 Å². The van der Waals surface area contributed by atoms with Gasteiger partial charge in [-0.1, -0.05) is 0 Å². The number of hydrogen-bond donors (Lipinski definition) is 1. The second-order valence-corrected chi connectivity index (χ2v) is 4.15. The van der Waals surface area contributed by atoms with Crippen LogP contribution in [0.3, 0.4) is 0 Å². The predicted octanol–water partition coefficient (Wildman–Crippen LogP) is 1.30. The van der Waals surface area contributed by atoms with Crippen LogP contribution in [0, 0.1) is 0 Å². The maximum absolute atomic E-state index is 11.2. The van der Waals surface area contributed by atoms with Crippen molar-refractivity contribution in [3.63, 3.8) is 0 Å². The second-order valence-electron chi connectivity index (χ2n) is 4.15. The fourth-order valence-electron chi connectivity index (χ4n) is 1.60. The molecule has 4 heteroatoms. The van der Waals surface area contributed by atoms with E-state index in [4.69, 9.17) is 4.74 Å². The van der Waals surface area contributed by atoms with Gasteiger partial charge in [0.1, 0.15) is 6.54 Å². The van der Waals surface area contributed by atoms with Crippen molar-refractivity contribution in [1.29, 1.82) is 0 Å². The molecule has 0 unspecified atom stereocenters. The molecule has 0 aliphatic heterocycles. The lowest BCUT2D eigenvalue weighted by Crippen LogP contribution is -2.15. The zero-order valence-corrected chi connectivity index (χ0v) is 9.61. The van der Waals surface area contributed by atoms with Gasteiger partial charge in [-0.2, -0.15) is 0 Å². The average Bonchev–Trinajstić information content (AvgIpc) is 2.98. The Hall–Kier alpha value is -1.29. The van der Waals surface area contributed by atoms with Crippen LogP contribution in [0.4, 0.5) is 0 Å². The van der Waals surface area contributed by atoms with Gasteiger partial charge in [-0.3, -0.25) is 4.79 Å². The number of hydrogen-bond acceptors (Lipinski definition) is 3. The highest BCUT2D eigenvalue weighted by Gasteiger charge is 2.19. The number of nitrogens with zero attached hydrogens (tertiary/aromatic N) is 1. The summed E-state index contributed by atoms with van der Waals surface area (Å²) in [6, 6.07) is 2.75. The van der Waals surface area contributed by atoms with Gasteiger partial charge in [0.15, 0.2) is 0 Å². The molecule has 16 heavy (non-hydrogen) atoms. The Labute approximate surface area is 95.6 Å². The van der Waals surface area contributed by atoms with Gasteiger partial charge < -0.3 is 14.6 Å². The lowest BCUT2D eigenvalue weighted by atomic mass is 10.3. The van der Waals surface area contributed by atoms with Crippen molar-refractivity contribution in [3.8, 4) is 0 Å². The van der Waals surface area contributed by atoms with E-state index in [1.165, 1.54) is 18.4 Å². The first-order valence-corrected chi connectivity index (χ1v) is 5.81. The minimum Gasteiger partial charge on any atom is -0.465 e. The molecule has 1 N–H and O–H groups in total. The Morgan fingerprint density at radius 2 is 2.44 bits per heavy atom. The van der Waals surface area contributed by atoms with Crippen LogP contribution in [-0.4, -0.2) is 23.2 Å². The van der Waals surface area contributed by atoms with Crippen LogP contribution in [0.5, 0.6) is 0 Å². The summed E-state index contributed by atoms with van der Waals surface area (Å²) in [5.74, 6) is -0.181. The van der Waals surface area contributed by atoms with E-state index in [1.807, 2.05) is 30.0 Å². The number of rotatable bonds is 6. The Kier molecular flexibility index (Phi) is 3.62. The van der Waals surface area contributed by atoms with Crippen molar-refractivity contribution in [2.24, 2.45) is 0 Å². The van der Waals surface area contributed by atoms with E-state index in [9.17, 15) is 4.79 Å². The molecule has 1 aromatic rings. The molecular weight excluding hydrogens is 204 g/mol. The van der Waals surface area contributed by atoms with Crippen LogP contribution in [0.25, 0.3) is 0 Å². The zero-order chi connectivity index (χ0) is 11.4. The number of nitrogens with one attached hydrogen (secondary N) is 1. The molecule has 0 radical (unpaired) electrons. The van der Waals surface area contributed by atoms with Crippen molar-refractivity contribution >= 4 is 5.97 Å². The van der Waals surface area contributed by atoms with Crippen LogP contribution >= 0.6 is 0 Å². The highest BCUT2D eigenvalue weighted by atomic mass is 16.5. The summed E-state index contributed by atoms with van der Waals surface area (Å²) in [6.45, 7) is 3.45. The van der Waals surface area contributed by atoms with Crippen molar-refractivity contribution in [1.82, 2.24) is 9.88 Å². The molecule has 1 fully saturated rings. The van der Waals surface area contributed by atoms with Gasteiger partial charge in [-0.25, -0.2) is 0 Å². The average molecular weight is 222 g/mol. The van der Waals surface area contributed by atoms with Crippen molar-refractivity contribution in [2.45, 2.75) is 38.9 Å². The van der Waals surface area contributed by atoms with Crippen molar-refractivity contribution < 1.29 is 9.53 Å². The molecular formula is C12H18N2O2. The number of carbonyl (C=O) groups is 1. The first-order chi connectivity index (χ1) is 7.78. The van der Waals surface area contributed by atoms with Gasteiger partial charge in [0.05, 0.1) is 6.61 Å². The fraction of sp³-hybridized carbons (Fsp3) is 0.583. The Balaban J connectivity index is 1.78. The standard InChI is InChI=1S/C12H18N2O2/c1-2-16-12(15)9-14-6-5-10(8-14)7-13-11-3-4-11/h5-6,8,11,13H,2-4,7,9H2,1H3. The van der Waals surface area contributed by atoms with Gasteiger partial charge in [-0.15, -0.1) is 0 Å². The lowest BCUT2D eigenvalue weighted by molar-refractivity contribution is -0.143. The molecule has 4 nitrogen and oxygen atoms in total. The molecule has 1 heterocycles. The summed E-state index contributed by atoms with van der Waals surface area (Å²) in [6.07, 6.45) is 6.50. The minimum absolute atomic E-state index is 0.181. The van der Waals surface area contributed by atoms with Crippen LogP contribution < -0.4 is 5.32 Å². The molecule has 0 bridgehead atoms. The highest BCUT2D eigenvalue weighted by molar-refractivity contribution is 5.69. The third-order valence-electron chi connectivity index (χ3n) is 2.60. The summed E-state index contributed by atoms with van der Waals surface area (Å²) >= 11 is 0. The molecule has 1 aliphatic carbocycles.